The van der Waals surface area contributed by atoms with Crippen LogP contribution in [0.5, 0.6) is 0 Å². The number of hydrogen-bond donors (Lipinski definition) is 1. The number of thiazole rings is 1. The molecule has 1 aromatic rings. The van der Waals surface area contributed by atoms with E-state index < -0.39 is 0 Å². The third kappa shape index (κ3) is 4.09. The number of methoxy groups -OCH3 is 1. The number of rotatable bonds is 6. The van der Waals surface area contributed by atoms with E-state index in [9.17, 15) is 4.79 Å². The van der Waals surface area contributed by atoms with Crippen molar-refractivity contribution in [2.75, 3.05) is 33.4 Å². The van der Waals surface area contributed by atoms with E-state index in [1.54, 1.807) is 18.4 Å². The van der Waals surface area contributed by atoms with Gasteiger partial charge in [-0.25, -0.2) is 4.98 Å². The number of nitrogens with one attached hydrogen (secondary N) is 1. The minimum Gasteiger partial charge on any atom is -0.383 e. The fourth-order valence-electron chi connectivity index (χ4n) is 3.38. The number of hydrogen-bond acceptors (Lipinski definition) is 6. The van der Waals surface area contributed by atoms with Crippen LogP contribution in [0.1, 0.15) is 23.4 Å². The number of aromatic nitrogens is 1. The van der Waals surface area contributed by atoms with Crippen molar-refractivity contribution in [3.05, 3.63) is 16.1 Å². The van der Waals surface area contributed by atoms with Crippen LogP contribution in [0, 0.1) is 12.8 Å². The number of aryl methyl sites for hydroxylation is 1. The van der Waals surface area contributed by atoms with Crippen LogP contribution in [0.15, 0.2) is 5.51 Å². The highest BCUT2D eigenvalue weighted by Crippen LogP contribution is 2.34. The molecular formula is C16H25N3O3S. The van der Waals surface area contributed by atoms with Gasteiger partial charge >= 0.3 is 0 Å². The Labute approximate surface area is 141 Å². The van der Waals surface area contributed by atoms with E-state index in [-0.39, 0.29) is 18.1 Å². The van der Waals surface area contributed by atoms with E-state index in [0.717, 1.165) is 38.2 Å². The van der Waals surface area contributed by atoms with E-state index in [4.69, 9.17) is 9.47 Å². The molecule has 1 aromatic heterocycles. The molecule has 1 N–H and O–H groups in total. The molecule has 0 unspecified atom stereocenters. The monoisotopic (exact) mass is 339 g/mol. The molecule has 6 nitrogen and oxygen atoms in total. The Hall–Kier alpha value is -1.02. The number of likely N-dealkylation sites (tertiary alicyclic amines) is 1. The van der Waals surface area contributed by atoms with Crippen LogP contribution < -0.4 is 5.32 Å². The Morgan fingerprint density at radius 3 is 3.22 bits per heavy atom. The fraction of sp³-hybridized carbons (Fsp3) is 0.750. The molecule has 7 heteroatoms. The van der Waals surface area contributed by atoms with Gasteiger partial charge in [-0.1, -0.05) is 0 Å². The van der Waals surface area contributed by atoms with Crippen LogP contribution in [-0.4, -0.2) is 61.3 Å². The van der Waals surface area contributed by atoms with E-state index in [2.05, 4.69) is 22.1 Å². The van der Waals surface area contributed by atoms with Gasteiger partial charge in [-0.2, -0.15) is 0 Å². The molecule has 2 saturated heterocycles. The van der Waals surface area contributed by atoms with Gasteiger partial charge in [-0.15, -0.1) is 11.3 Å². The van der Waals surface area contributed by atoms with Gasteiger partial charge in [-0.3, -0.25) is 9.69 Å². The van der Waals surface area contributed by atoms with E-state index >= 15 is 0 Å². The summed E-state index contributed by atoms with van der Waals surface area (Å²) in [4.78, 5) is 20.2. The van der Waals surface area contributed by atoms with Gasteiger partial charge in [0.25, 0.3) is 0 Å². The highest BCUT2D eigenvalue weighted by atomic mass is 32.1. The number of carbonyl (C=O) groups excluding carboxylic acids is 1. The minimum atomic E-state index is -0.299. The number of carbonyl (C=O) groups is 1. The van der Waals surface area contributed by atoms with Crippen LogP contribution in [0.2, 0.25) is 0 Å². The second kappa shape index (κ2) is 7.70. The summed E-state index contributed by atoms with van der Waals surface area (Å²) in [5.74, 6) is 0.508. The van der Waals surface area contributed by atoms with Crippen molar-refractivity contribution in [3.8, 4) is 0 Å². The molecule has 0 radical (unpaired) electrons. The van der Waals surface area contributed by atoms with Gasteiger partial charge in [0.15, 0.2) is 0 Å². The molecule has 3 rings (SSSR count). The van der Waals surface area contributed by atoms with Crippen molar-refractivity contribution < 1.29 is 14.3 Å². The summed E-state index contributed by atoms with van der Waals surface area (Å²) in [5, 5.41) is 2.88. The largest absolute Gasteiger partial charge is 0.383 e. The summed E-state index contributed by atoms with van der Waals surface area (Å²) >= 11 is 1.72. The lowest BCUT2D eigenvalue weighted by Crippen LogP contribution is -2.42. The quantitative estimate of drug-likeness (QED) is 0.789. The molecule has 3 atom stereocenters. The van der Waals surface area contributed by atoms with E-state index in [1.807, 2.05) is 5.51 Å². The van der Waals surface area contributed by atoms with E-state index in [1.165, 1.54) is 4.88 Å². The zero-order valence-electron chi connectivity index (χ0n) is 13.8. The van der Waals surface area contributed by atoms with Crippen molar-refractivity contribution in [1.29, 1.82) is 0 Å². The van der Waals surface area contributed by atoms with Gasteiger partial charge in [0, 0.05) is 31.6 Å². The molecule has 0 aromatic carbocycles. The van der Waals surface area contributed by atoms with Gasteiger partial charge < -0.3 is 14.8 Å². The van der Waals surface area contributed by atoms with Crippen LogP contribution in [0.3, 0.4) is 0 Å². The lowest BCUT2D eigenvalue weighted by molar-refractivity contribution is -0.133. The Morgan fingerprint density at radius 1 is 1.61 bits per heavy atom. The average Bonchev–Trinajstić information content (AvgIpc) is 3.14. The lowest BCUT2D eigenvalue weighted by Gasteiger charge is -2.33. The Kier molecular flexibility index (Phi) is 5.63. The summed E-state index contributed by atoms with van der Waals surface area (Å²) in [6, 6.07) is 0. The fourth-order valence-corrected chi connectivity index (χ4v) is 4.20. The SMILES string of the molecule is COCCNC(=O)[C@@H]1C[C@@H]2CCN(Cc3scnc3C)C[C@@H]2O1. The highest BCUT2D eigenvalue weighted by Gasteiger charge is 2.41. The van der Waals surface area contributed by atoms with Crippen LogP contribution in [-0.2, 0) is 20.8 Å². The molecule has 2 aliphatic rings. The summed E-state index contributed by atoms with van der Waals surface area (Å²) in [6.07, 6.45) is 1.82. The third-order valence-electron chi connectivity index (χ3n) is 4.75. The second-order valence-electron chi connectivity index (χ2n) is 6.33. The minimum absolute atomic E-state index is 0.00120. The van der Waals surface area contributed by atoms with Crippen molar-refractivity contribution in [2.24, 2.45) is 5.92 Å². The first kappa shape index (κ1) is 16.8. The number of nitrogens with zero attached hydrogens (tertiary/aromatic N) is 2. The Balaban J connectivity index is 1.49. The molecule has 128 valence electrons. The summed E-state index contributed by atoms with van der Waals surface area (Å²) < 4.78 is 11.0. The molecule has 23 heavy (non-hydrogen) atoms. The van der Waals surface area contributed by atoms with Crippen LogP contribution >= 0.6 is 11.3 Å². The first-order valence-electron chi connectivity index (χ1n) is 8.20. The molecule has 0 saturated carbocycles. The zero-order chi connectivity index (χ0) is 16.2. The van der Waals surface area contributed by atoms with Crippen LogP contribution in [0.25, 0.3) is 0 Å². The molecule has 0 bridgehead atoms. The molecule has 3 heterocycles. The van der Waals surface area contributed by atoms with Gasteiger partial charge in [0.05, 0.1) is 23.9 Å². The Morgan fingerprint density at radius 2 is 2.48 bits per heavy atom. The zero-order valence-corrected chi connectivity index (χ0v) is 14.6. The summed E-state index contributed by atoms with van der Waals surface area (Å²) in [5.41, 5.74) is 3.03. The summed E-state index contributed by atoms with van der Waals surface area (Å²) in [7, 11) is 1.63. The molecule has 0 aliphatic carbocycles. The van der Waals surface area contributed by atoms with Gasteiger partial charge in [0.1, 0.15) is 6.10 Å². The van der Waals surface area contributed by atoms with Crippen molar-refractivity contribution in [2.45, 2.75) is 38.5 Å². The first-order chi connectivity index (χ1) is 11.2. The van der Waals surface area contributed by atoms with Crippen molar-refractivity contribution >= 4 is 17.2 Å². The Bertz CT molecular complexity index is 536. The van der Waals surface area contributed by atoms with Gasteiger partial charge in [0.2, 0.25) is 5.91 Å². The molecule has 2 fully saturated rings. The van der Waals surface area contributed by atoms with E-state index in [0.29, 0.717) is 19.1 Å². The smallest absolute Gasteiger partial charge is 0.249 e. The molecule has 0 spiro atoms. The second-order valence-corrected chi connectivity index (χ2v) is 7.27. The predicted molar refractivity (Wildman–Crippen MR) is 88.4 cm³/mol. The number of fused-ring (bicyclic) bond motifs is 1. The molecular weight excluding hydrogens is 314 g/mol. The maximum Gasteiger partial charge on any atom is 0.249 e. The van der Waals surface area contributed by atoms with Crippen molar-refractivity contribution in [3.63, 3.8) is 0 Å². The number of ether oxygens (including phenoxy) is 2. The van der Waals surface area contributed by atoms with Gasteiger partial charge in [-0.05, 0) is 32.2 Å². The summed E-state index contributed by atoms with van der Waals surface area (Å²) in [6.45, 7) is 6.05. The third-order valence-corrected chi connectivity index (χ3v) is 5.67. The normalized spacial score (nSPS) is 27.8. The highest BCUT2D eigenvalue weighted by molar-refractivity contribution is 7.09. The lowest BCUT2D eigenvalue weighted by atomic mass is 9.91. The first-order valence-corrected chi connectivity index (χ1v) is 9.08. The standard InChI is InChI=1S/C16H25N3O3S/c1-11-15(23-10-18-11)9-19-5-3-12-7-13(22-14(12)8-19)16(20)17-4-6-21-2/h10,12-14H,3-9H2,1-2H3,(H,17,20)/t12-,13-,14-/m0/s1. The van der Waals surface area contributed by atoms with Crippen LogP contribution in [0.4, 0.5) is 0 Å². The molecule has 1 amide bonds. The number of amides is 1. The maximum atomic E-state index is 12.1. The predicted octanol–water partition coefficient (Wildman–Crippen LogP) is 1.19. The average molecular weight is 339 g/mol. The van der Waals surface area contributed by atoms with Crippen molar-refractivity contribution in [1.82, 2.24) is 15.2 Å². The maximum absolute atomic E-state index is 12.1. The topological polar surface area (TPSA) is 63.7 Å². The molecule has 2 aliphatic heterocycles. The number of piperidine rings is 1.